The summed E-state index contributed by atoms with van der Waals surface area (Å²) in [6.07, 6.45) is 162. The normalized spacial score (nSPS) is 12.5. The van der Waals surface area contributed by atoms with Crippen LogP contribution in [-0.2, 0) is 0 Å². The highest BCUT2D eigenvalue weighted by Gasteiger charge is 2.27. The zero-order valence-electron chi connectivity index (χ0n) is 81.3. The van der Waals surface area contributed by atoms with Crippen molar-refractivity contribution in [1.82, 2.24) is 0 Å². The van der Waals surface area contributed by atoms with E-state index in [1.807, 2.05) is 0 Å². The minimum absolute atomic E-state index is 0.0785. The molecular formula is C115H222. The van der Waals surface area contributed by atoms with Gasteiger partial charge in [-0.1, -0.05) is 655 Å². The van der Waals surface area contributed by atoms with Crippen LogP contribution >= 0.6 is 0 Å². The SMILES string of the molecule is CCCCCCCCCCCCCCCCCCCCCC=C=C(/C=C/CCCCCCCCCCCCCCCCCCCCC)C(C=CCCCCCCCCCCCCCCCCCCCCCC)(C=CCCCCCCCCCCCCCCCCCCCCCCC)CCCCCCCCCCCCCCCCCC. The Bertz CT molecular complexity index is 1850. The van der Waals surface area contributed by atoms with E-state index < -0.39 is 0 Å². The lowest BCUT2D eigenvalue weighted by Gasteiger charge is -2.29. The second-order valence-electron chi connectivity index (χ2n) is 38.7. The second-order valence-corrected chi connectivity index (χ2v) is 38.7. The van der Waals surface area contributed by atoms with Crippen LogP contribution in [0.1, 0.15) is 677 Å². The molecule has 0 aliphatic rings. The maximum absolute atomic E-state index is 4.22. The number of allylic oxidation sites excluding steroid dienone is 7. The van der Waals surface area contributed by atoms with Gasteiger partial charge in [0.25, 0.3) is 0 Å². The Kier molecular flexibility index (Phi) is 104. The molecule has 1 unspecified atom stereocenters. The third kappa shape index (κ3) is 94.8. The molecule has 0 spiro atoms. The van der Waals surface area contributed by atoms with Crippen LogP contribution in [0.4, 0.5) is 0 Å². The Balaban J connectivity index is 6.21. The quantitative estimate of drug-likeness (QED) is 0.0246. The highest BCUT2D eigenvalue weighted by atomic mass is 14.3. The Morgan fingerprint density at radius 3 is 0.470 bits per heavy atom. The van der Waals surface area contributed by atoms with Gasteiger partial charge in [0.15, 0.2) is 0 Å². The fraction of sp³-hybridized carbons (Fsp3) is 0.922. The van der Waals surface area contributed by atoms with E-state index in [-0.39, 0.29) is 5.41 Å². The molecule has 0 aromatic heterocycles. The molecule has 0 bridgehead atoms. The largest absolute Gasteiger partial charge is 0.120 e. The van der Waals surface area contributed by atoms with Crippen molar-refractivity contribution in [2.75, 3.05) is 0 Å². The summed E-state index contributed by atoms with van der Waals surface area (Å²) in [7, 11) is 0. The highest BCUT2D eigenvalue weighted by Crippen LogP contribution is 2.39. The van der Waals surface area contributed by atoms with E-state index in [9.17, 15) is 0 Å². The zero-order chi connectivity index (χ0) is 82.4. The van der Waals surface area contributed by atoms with E-state index in [1.54, 1.807) is 0 Å². The molecule has 0 saturated heterocycles. The third-order valence-electron chi connectivity index (χ3n) is 26.9. The van der Waals surface area contributed by atoms with Crippen LogP contribution in [0.2, 0.25) is 0 Å². The minimum atomic E-state index is -0.0785. The number of rotatable bonds is 104. The topological polar surface area (TPSA) is 0 Å². The monoisotopic (exact) mass is 1600 g/mol. The van der Waals surface area contributed by atoms with Gasteiger partial charge in [0.2, 0.25) is 0 Å². The van der Waals surface area contributed by atoms with Crippen molar-refractivity contribution in [3.63, 3.8) is 0 Å². The predicted octanol–water partition coefficient (Wildman–Crippen LogP) is 43.8. The summed E-state index contributed by atoms with van der Waals surface area (Å²) in [6, 6.07) is 0. The van der Waals surface area contributed by atoms with E-state index in [1.165, 1.54) is 648 Å². The molecule has 0 aromatic rings. The first-order valence-electron chi connectivity index (χ1n) is 55.7. The smallest absolute Gasteiger partial charge is 0.0385 e. The summed E-state index contributed by atoms with van der Waals surface area (Å²) in [5.41, 5.74) is 5.63. The van der Waals surface area contributed by atoms with Gasteiger partial charge in [-0.3, -0.25) is 0 Å². The lowest BCUT2D eigenvalue weighted by Crippen LogP contribution is -2.17. The van der Waals surface area contributed by atoms with Crippen LogP contribution in [-0.4, -0.2) is 0 Å². The fourth-order valence-corrected chi connectivity index (χ4v) is 18.7. The maximum atomic E-state index is 4.22. The molecule has 0 aromatic carbocycles. The van der Waals surface area contributed by atoms with Crippen LogP contribution in [0, 0.1) is 5.41 Å². The standard InChI is InChI=1S/C115H222/c1-6-11-16-21-26-31-36-41-46-51-55-59-61-65-69-73-78-83-88-93-98-103-108-113-115(111-106-101-96-91-86-81-76-50-45-40-35-30-25-20-15-10-5,112-107-102-97-92-87-82-77-72-68-64-60-56-52-47-42-37-32-27-22-17-12-7-2)114(109-104-99-94-89-84-79-74-70-66-62-57-53-48-43-38-33-28-23-18-13-8-3)110-105-100-95-90-85-80-75-71-67-63-58-54-49-44-39-34-29-24-19-14-9-4/h104-105,107-109,112-113H,6-103,106,111H2,1-5H3/b109-104+,112-107?,113-108?. The Morgan fingerprint density at radius 1 is 0.157 bits per heavy atom. The van der Waals surface area contributed by atoms with Crippen molar-refractivity contribution in [2.45, 2.75) is 677 Å². The molecule has 0 N–H and O–H groups in total. The molecule has 0 heterocycles. The molecule has 0 rings (SSSR count). The van der Waals surface area contributed by atoms with Gasteiger partial charge in [0, 0.05) is 11.0 Å². The molecule has 0 amide bonds. The van der Waals surface area contributed by atoms with Crippen molar-refractivity contribution in [1.29, 1.82) is 0 Å². The lowest BCUT2D eigenvalue weighted by atomic mass is 9.74. The van der Waals surface area contributed by atoms with Gasteiger partial charge in [-0.25, -0.2) is 0 Å². The molecule has 0 radical (unpaired) electrons. The first-order valence-corrected chi connectivity index (χ1v) is 55.7. The Morgan fingerprint density at radius 2 is 0.296 bits per heavy atom. The first kappa shape index (κ1) is 114. The molecule has 0 fully saturated rings. The van der Waals surface area contributed by atoms with Crippen LogP contribution < -0.4 is 0 Å². The van der Waals surface area contributed by atoms with Gasteiger partial charge < -0.3 is 0 Å². The van der Waals surface area contributed by atoms with Crippen LogP contribution in [0.5, 0.6) is 0 Å². The number of unbranched alkanes of at least 4 members (excludes halogenated alkanes) is 94. The van der Waals surface area contributed by atoms with Gasteiger partial charge in [-0.05, 0) is 63.9 Å². The Labute approximate surface area is 731 Å². The van der Waals surface area contributed by atoms with Gasteiger partial charge >= 0.3 is 0 Å². The average Bonchev–Trinajstić information content (AvgIpc) is 0.825. The predicted molar refractivity (Wildman–Crippen MR) is 532 cm³/mol. The summed E-state index contributed by atoms with van der Waals surface area (Å²) in [5, 5.41) is 0. The molecule has 0 saturated carbocycles. The van der Waals surface area contributed by atoms with Gasteiger partial charge in [0.05, 0.1) is 0 Å². The third-order valence-corrected chi connectivity index (χ3v) is 26.9. The van der Waals surface area contributed by atoms with E-state index in [0.717, 1.165) is 0 Å². The average molecular weight is 1610 g/mol. The van der Waals surface area contributed by atoms with Crippen molar-refractivity contribution < 1.29 is 0 Å². The van der Waals surface area contributed by atoms with E-state index in [2.05, 4.69) is 82.9 Å². The summed E-state index contributed by atoms with van der Waals surface area (Å²) in [5.74, 6) is 0. The summed E-state index contributed by atoms with van der Waals surface area (Å²) in [4.78, 5) is 0. The first-order chi connectivity index (χ1) is 57.2. The van der Waals surface area contributed by atoms with Crippen molar-refractivity contribution in [3.8, 4) is 0 Å². The van der Waals surface area contributed by atoms with Crippen LogP contribution in [0.3, 0.4) is 0 Å². The summed E-state index contributed by atoms with van der Waals surface area (Å²) >= 11 is 0. The molecule has 1 atom stereocenters. The summed E-state index contributed by atoms with van der Waals surface area (Å²) in [6.45, 7) is 11.7. The number of hydrogen-bond donors (Lipinski definition) is 0. The van der Waals surface area contributed by atoms with Crippen molar-refractivity contribution in [3.05, 3.63) is 53.8 Å². The van der Waals surface area contributed by atoms with E-state index >= 15 is 0 Å². The Hall–Kier alpha value is -1.26. The molecule has 0 aliphatic carbocycles. The molecule has 0 heteroatoms. The fourth-order valence-electron chi connectivity index (χ4n) is 18.7. The van der Waals surface area contributed by atoms with Crippen molar-refractivity contribution in [2.24, 2.45) is 5.41 Å². The minimum Gasteiger partial charge on any atom is -0.120 e. The highest BCUT2D eigenvalue weighted by molar-refractivity contribution is 5.37. The molecule has 0 nitrogen and oxygen atoms in total. The second kappa shape index (κ2) is 105. The zero-order valence-corrected chi connectivity index (χ0v) is 81.3. The van der Waals surface area contributed by atoms with E-state index in [4.69, 9.17) is 0 Å². The van der Waals surface area contributed by atoms with Crippen LogP contribution in [0.25, 0.3) is 0 Å². The van der Waals surface area contributed by atoms with Crippen molar-refractivity contribution >= 4 is 0 Å². The maximum Gasteiger partial charge on any atom is 0.0385 e. The number of hydrogen-bond acceptors (Lipinski definition) is 0. The van der Waals surface area contributed by atoms with Crippen LogP contribution in [0.15, 0.2) is 53.8 Å². The van der Waals surface area contributed by atoms with Gasteiger partial charge in [0.1, 0.15) is 0 Å². The molecule has 115 heavy (non-hydrogen) atoms. The van der Waals surface area contributed by atoms with E-state index in [0.29, 0.717) is 0 Å². The molecule has 0 aliphatic heterocycles. The van der Waals surface area contributed by atoms with Gasteiger partial charge in [-0.15, -0.1) is 5.73 Å². The summed E-state index contributed by atoms with van der Waals surface area (Å²) < 4.78 is 0. The lowest BCUT2D eigenvalue weighted by molar-refractivity contribution is 0.477. The molecular weight excluding hydrogens is 1380 g/mol. The van der Waals surface area contributed by atoms with Gasteiger partial charge in [-0.2, -0.15) is 0 Å². The molecule has 682 valence electrons.